The van der Waals surface area contributed by atoms with E-state index in [9.17, 15) is 0 Å². The van der Waals surface area contributed by atoms with Crippen molar-refractivity contribution in [2.45, 2.75) is 26.8 Å². The normalized spacial score (nSPS) is 14.7. The lowest BCUT2D eigenvalue weighted by Crippen LogP contribution is -2.29. The van der Waals surface area contributed by atoms with E-state index in [2.05, 4.69) is 34.8 Å². The number of hydrogen-bond acceptors (Lipinski definition) is 4. The first kappa shape index (κ1) is 9.61. The molecule has 1 unspecified atom stereocenters. The Kier molecular flexibility index (Phi) is 2.80. The summed E-state index contributed by atoms with van der Waals surface area (Å²) >= 11 is 1.26. The minimum Gasteiger partial charge on any atom is -0.311 e. The topological polar surface area (TPSA) is 37.8 Å². The second kappa shape index (κ2) is 3.49. The van der Waals surface area contributed by atoms with Crippen LogP contribution in [0.3, 0.4) is 0 Å². The van der Waals surface area contributed by atoms with E-state index < -0.39 is 0 Å². The first-order chi connectivity index (χ1) is 5.55. The predicted octanol–water partition coefficient (Wildman–Crippen LogP) is 1.84. The van der Waals surface area contributed by atoms with Gasteiger partial charge in [-0.2, -0.15) is 8.75 Å². The van der Waals surface area contributed by atoms with E-state index in [-0.39, 0.29) is 11.5 Å². The third-order valence-corrected chi connectivity index (χ3v) is 2.32. The van der Waals surface area contributed by atoms with E-state index in [1.807, 2.05) is 13.2 Å². The molecule has 12 heavy (non-hydrogen) atoms. The summed E-state index contributed by atoms with van der Waals surface area (Å²) in [6, 6.07) is 0.288. The molecule has 0 aliphatic heterocycles. The van der Waals surface area contributed by atoms with Gasteiger partial charge in [0.15, 0.2) is 0 Å². The van der Waals surface area contributed by atoms with Crippen LogP contribution >= 0.6 is 11.7 Å². The maximum Gasteiger partial charge on any atom is 0.0917 e. The molecule has 1 aromatic rings. The third-order valence-electron chi connectivity index (χ3n) is 1.83. The Hall–Kier alpha value is -0.480. The molecule has 0 radical (unpaired) electrons. The zero-order valence-corrected chi connectivity index (χ0v) is 8.77. The van der Waals surface area contributed by atoms with Gasteiger partial charge in [0.2, 0.25) is 0 Å². The molecule has 0 aliphatic carbocycles. The standard InChI is InChI=1S/C8H15N3S/c1-8(2,3)7(9-4)6-5-10-12-11-6/h5,7,9H,1-4H3. The van der Waals surface area contributed by atoms with Crippen molar-refractivity contribution < 1.29 is 0 Å². The highest BCUT2D eigenvalue weighted by atomic mass is 32.1. The summed E-state index contributed by atoms with van der Waals surface area (Å²) in [5, 5.41) is 3.25. The quantitative estimate of drug-likeness (QED) is 0.764. The zero-order chi connectivity index (χ0) is 9.19. The van der Waals surface area contributed by atoms with Crippen LogP contribution < -0.4 is 5.32 Å². The monoisotopic (exact) mass is 185 g/mol. The molecule has 0 aliphatic rings. The fourth-order valence-electron chi connectivity index (χ4n) is 1.32. The molecule has 1 aromatic heterocycles. The van der Waals surface area contributed by atoms with E-state index in [4.69, 9.17) is 0 Å². The molecule has 0 fully saturated rings. The number of rotatable bonds is 2. The molecular weight excluding hydrogens is 170 g/mol. The fraction of sp³-hybridized carbons (Fsp3) is 0.750. The van der Waals surface area contributed by atoms with Crippen molar-refractivity contribution in [3.8, 4) is 0 Å². The fourth-order valence-corrected chi connectivity index (χ4v) is 1.77. The van der Waals surface area contributed by atoms with E-state index >= 15 is 0 Å². The van der Waals surface area contributed by atoms with Gasteiger partial charge in [0, 0.05) is 0 Å². The van der Waals surface area contributed by atoms with E-state index in [0.29, 0.717) is 0 Å². The highest BCUT2D eigenvalue weighted by Crippen LogP contribution is 2.30. The Labute approximate surface area is 77.5 Å². The Morgan fingerprint density at radius 1 is 1.50 bits per heavy atom. The summed E-state index contributed by atoms with van der Waals surface area (Å²) in [5.74, 6) is 0. The van der Waals surface area contributed by atoms with Gasteiger partial charge in [-0.25, -0.2) is 0 Å². The number of nitrogens with one attached hydrogen (secondary N) is 1. The Balaban J connectivity index is 2.84. The van der Waals surface area contributed by atoms with Crippen molar-refractivity contribution in [3.63, 3.8) is 0 Å². The smallest absolute Gasteiger partial charge is 0.0917 e. The first-order valence-corrected chi connectivity index (χ1v) is 4.73. The van der Waals surface area contributed by atoms with E-state index in [0.717, 1.165) is 5.69 Å². The molecule has 0 spiro atoms. The van der Waals surface area contributed by atoms with Gasteiger partial charge in [0.1, 0.15) is 0 Å². The number of aromatic nitrogens is 2. The van der Waals surface area contributed by atoms with Crippen LogP contribution in [0, 0.1) is 5.41 Å². The highest BCUT2D eigenvalue weighted by molar-refractivity contribution is 6.99. The van der Waals surface area contributed by atoms with Crippen molar-refractivity contribution >= 4 is 11.7 Å². The van der Waals surface area contributed by atoms with E-state index in [1.165, 1.54) is 11.7 Å². The van der Waals surface area contributed by atoms with Crippen molar-refractivity contribution in [2.75, 3.05) is 7.05 Å². The first-order valence-electron chi connectivity index (χ1n) is 4.00. The molecule has 0 saturated heterocycles. The van der Waals surface area contributed by atoms with Gasteiger partial charge in [-0.1, -0.05) is 20.8 Å². The summed E-state index contributed by atoms with van der Waals surface area (Å²) < 4.78 is 8.22. The van der Waals surface area contributed by atoms with Crippen LogP contribution in [0.4, 0.5) is 0 Å². The van der Waals surface area contributed by atoms with Crippen molar-refractivity contribution in [2.24, 2.45) is 5.41 Å². The van der Waals surface area contributed by atoms with Gasteiger partial charge in [-0.15, -0.1) is 0 Å². The molecule has 4 heteroatoms. The average molecular weight is 185 g/mol. The molecule has 0 aromatic carbocycles. The van der Waals surface area contributed by atoms with Crippen LogP contribution in [-0.4, -0.2) is 15.8 Å². The summed E-state index contributed by atoms with van der Waals surface area (Å²) in [5.41, 5.74) is 1.22. The van der Waals surface area contributed by atoms with Crippen LogP contribution in [0.1, 0.15) is 32.5 Å². The number of hydrogen-bond donors (Lipinski definition) is 1. The molecule has 0 bridgehead atoms. The molecule has 0 saturated carbocycles. The van der Waals surface area contributed by atoms with Gasteiger partial charge < -0.3 is 5.32 Å². The van der Waals surface area contributed by atoms with Crippen LogP contribution in [0.2, 0.25) is 0 Å². The Morgan fingerprint density at radius 2 is 2.17 bits per heavy atom. The van der Waals surface area contributed by atoms with Crippen molar-refractivity contribution in [1.82, 2.24) is 14.1 Å². The van der Waals surface area contributed by atoms with Gasteiger partial charge >= 0.3 is 0 Å². The Morgan fingerprint density at radius 3 is 2.50 bits per heavy atom. The van der Waals surface area contributed by atoms with Gasteiger partial charge in [0.05, 0.1) is 29.7 Å². The van der Waals surface area contributed by atoms with Gasteiger partial charge in [-0.3, -0.25) is 0 Å². The van der Waals surface area contributed by atoms with Crippen LogP contribution in [0.5, 0.6) is 0 Å². The average Bonchev–Trinajstić information content (AvgIpc) is 2.38. The van der Waals surface area contributed by atoms with E-state index in [1.54, 1.807) is 0 Å². The largest absolute Gasteiger partial charge is 0.311 e. The maximum absolute atomic E-state index is 4.22. The molecule has 1 rings (SSSR count). The van der Waals surface area contributed by atoms with Crippen molar-refractivity contribution in [3.05, 3.63) is 11.9 Å². The predicted molar refractivity (Wildman–Crippen MR) is 51.2 cm³/mol. The van der Waals surface area contributed by atoms with Crippen LogP contribution in [-0.2, 0) is 0 Å². The summed E-state index contributed by atoms with van der Waals surface area (Å²) in [4.78, 5) is 0. The lowest BCUT2D eigenvalue weighted by atomic mass is 9.85. The molecule has 1 N–H and O–H groups in total. The molecular formula is C8H15N3S. The number of nitrogens with zero attached hydrogens (tertiary/aromatic N) is 2. The molecule has 1 atom stereocenters. The maximum atomic E-state index is 4.22. The molecule has 68 valence electrons. The molecule has 3 nitrogen and oxygen atoms in total. The lowest BCUT2D eigenvalue weighted by molar-refractivity contribution is 0.283. The van der Waals surface area contributed by atoms with Gasteiger partial charge in [0.25, 0.3) is 0 Å². The van der Waals surface area contributed by atoms with Crippen LogP contribution in [0.25, 0.3) is 0 Å². The summed E-state index contributed by atoms with van der Waals surface area (Å²) in [6.07, 6.45) is 1.83. The summed E-state index contributed by atoms with van der Waals surface area (Å²) in [7, 11) is 1.95. The van der Waals surface area contributed by atoms with Gasteiger partial charge in [-0.05, 0) is 12.5 Å². The third kappa shape index (κ3) is 2.01. The van der Waals surface area contributed by atoms with Crippen molar-refractivity contribution in [1.29, 1.82) is 0 Å². The van der Waals surface area contributed by atoms with Crippen LogP contribution in [0.15, 0.2) is 6.20 Å². The highest BCUT2D eigenvalue weighted by Gasteiger charge is 2.26. The second-order valence-corrected chi connectivity index (χ2v) is 4.48. The molecule has 0 amide bonds. The minimum absolute atomic E-state index is 0.185. The second-order valence-electron chi connectivity index (χ2n) is 3.92. The lowest BCUT2D eigenvalue weighted by Gasteiger charge is -2.28. The Bertz CT molecular complexity index is 225. The minimum atomic E-state index is 0.185. The molecule has 1 heterocycles. The zero-order valence-electron chi connectivity index (χ0n) is 7.96. The SMILES string of the molecule is CNC(c1cnsn1)C(C)(C)C. The summed E-state index contributed by atoms with van der Waals surface area (Å²) in [6.45, 7) is 6.56.